The highest BCUT2D eigenvalue weighted by molar-refractivity contribution is 6.32. The monoisotopic (exact) mass is 484 g/mol. The molecule has 0 bridgehead atoms. The molecular weight excluding hydrogens is 463 g/mol. The number of rotatable bonds is 4. The molecule has 2 aromatic heterocycles. The highest BCUT2D eigenvalue weighted by Gasteiger charge is 2.37. The van der Waals surface area contributed by atoms with Crippen LogP contribution in [0.5, 0.6) is 5.75 Å². The molecule has 0 aliphatic carbocycles. The predicted octanol–water partition coefficient (Wildman–Crippen LogP) is 3.86. The van der Waals surface area contributed by atoms with E-state index in [0.29, 0.717) is 16.4 Å². The van der Waals surface area contributed by atoms with Gasteiger partial charge >= 0.3 is 0 Å². The number of hydrogen-bond acceptors (Lipinski definition) is 6. The lowest BCUT2D eigenvalue weighted by Crippen LogP contribution is -2.47. The van der Waals surface area contributed by atoms with E-state index < -0.39 is 17.8 Å². The Morgan fingerprint density at radius 2 is 2.03 bits per heavy atom. The van der Waals surface area contributed by atoms with Crippen LogP contribution < -0.4 is 4.74 Å². The Kier molecular flexibility index (Phi) is 5.70. The Labute approximate surface area is 199 Å². The molecule has 0 saturated carbocycles. The maximum absolute atomic E-state index is 15.5. The molecule has 1 aliphatic rings. The molecule has 2 aromatic carbocycles. The number of aromatic amines is 1. The first kappa shape index (κ1) is 22.3. The van der Waals surface area contributed by atoms with Crippen LogP contribution in [0.4, 0.5) is 4.39 Å². The minimum absolute atomic E-state index is 0.0499. The van der Waals surface area contributed by atoms with E-state index in [1.54, 1.807) is 17.0 Å². The fourth-order valence-electron chi connectivity index (χ4n) is 4.18. The summed E-state index contributed by atoms with van der Waals surface area (Å²) >= 11 is 6.26. The summed E-state index contributed by atoms with van der Waals surface area (Å²) in [6.07, 6.45) is 2.66. The third kappa shape index (κ3) is 3.68. The summed E-state index contributed by atoms with van der Waals surface area (Å²) in [6, 6.07) is 6.05. The number of aromatic nitrogens is 5. The molecule has 5 rings (SSSR count). The molecule has 176 valence electrons. The average Bonchev–Trinajstić information content (AvgIpc) is 3.51. The number of aryl methyl sites for hydroxylation is 1. The lowest BCUT2D eigenvalue weighted by atomic mass is 10.1. The summed E-state index contributed by atoms with van der Waals surface area (Å²) in [4.78, 5) is 24.7. The highest BCUT2D eigenvalue weighted by atomic mass is 35.5. The van der Waals surface area contributed by atoms with Crippen molar-refractivity contribution < 1.29 is 18.7 Å². The number of benzene rings is 2. The second-order valence-electron chi connectivity index (χ2n) is 8.10. The largest absolute Gasteiger partial charge is 0.494 e. The van der Waals surface area contributed by atoms with Gasteiger partial charge in [0.15, 0.2) is 11.6 Å². The van der Waals surface area contributed by atoms with E-state index in [9.17, 15) is 4.79 Å². The van der Waals surface area contributed by atoms with Crippen LogP contribution in [0.2, 0.25) is 5.02 Å². The number of H-pyrrole nitrogens is 1. The van der Waals surface area contributed by atoms with Crippen LogP contribution in [0, 0.1) is 12.7 Å². The number of ether oxygens (including phenoxy) is 2. The molecule has 11 heteroatoms. The molecule has 1 saturated heterocycles. The van der Waals surface area contributed by atoms with Crippen molar-refractivity contribution in [2.24, 2.45) is 0 Å². The summed E-state index contributed by atoms with van der Waals surface area (Å²) < 4.78 is 26.5. The molecule has 1 aliphatic heterocycles. The van der Waals surface area contributed by atoms with Crippen LogP contribution >= 0.6 is 11.6 Å². The minimum Gasteiger partial charge on any atom is -0.494 e. The van der Waals surface area contributed by atoms with Crippen LogP contribution in [-0.4, -0.2) is 62.1 Å². The third-order valence-corrected chi connectivity index (χ3v) is 6.37. The van der Waals surface area contributed by atoms with Gasteiger partial charge in [-0.25, -0.2) is 9.37 Å². The minimum atomic E-state index is -0.785. The Morgan fingerprint density at radius 1 is 1.26 bits per heavy atom. The normalized spacial score (nSPS) is 18.4. The van der Waals surface area contributed by atoms with E-state index in [0.717, 1.165) is 11.1 Å². The lowest BCUT2D eigenvalue weighted by Gasteiger charge is -2.38. The number of hydrogen-bond donors (Lipinski definition) is 1. The molecule has 1 fully saturated rings. The number of methoxy groups -OCH3 is 1. The van der Waals surface area contributed by atoms with Gasteiger partial charge in [0.1, 0.15) is 23.1 Å². The van der Waals surface area contributed by atoms with E-state index in [1.807, 2.05) is 19.9 Å². The summed E-state index contributed by atoms with van der Waals surface area (Å²) in [5.74, 6) is -0.847. The highest BCUT2D eigenvalue weighted by Crippen LogP contribution is 2.33. The van der Waals surface area contributed by atoms with Crippen LogP contribution in [0.25, 0.3) is 16.7 Å². The van der Waals surface area contributed by atoms with Gasteiger partial charge in [-0.05, 0) is 43.7 Å². The SMILES string of the molecule is COc1ccc(-n2nccn2)c(C(=O)N2CC(C)OCC2c2nc3c(C)c(Cl)ccc3[nH]2)c1F. The van der Waals surface area contributed by atoms with E-state index in [-0.39, 0.29) is 36.3 Å². The molecule has 9 nitrogen and oxygen atoms in total. The van der Waals surface area contributed by atoms with Crippen LogP contribution in [0.15, 0.2) is 36.7 Å². The number of carbonyl (C=O) groups is 1. The molecule has 34 heavy (non-hydrogen) atoms. The van der Waals surface area contributed by atoms with Crippen molar-refractivity contribution in [2.45, 2.75) is 26.0 Å². The Balaban J connectivity index is 1.62. The number of carbonyl (C=O) groups excluding carboxylic acids is 1. The van der Waals surface area contributed by atoms with Gasteiger partial charge in [-0.1, -0.05) is 11.6 Å². The van der Waals surface area contributed by atoms with Crippen LogP contribution in [-0.2, 0) is 4.74 Å². The van der Waals surface area contributed by atoms with Gasteiger partial charge in [0.05, 0.1) is 43.2 Å². The molecule has 1 amide bonds. The average molecular weight is 485 g/mol. The Morgan fingerprint density at radius 3 is 2.76 bits per heavy atom. The zero-order valence-electron chi connectivity index (χ0n) is 18.7. The van der Waals surface area contributed by atoms with E-state index >= 15 is 4.39 Å². The Bertz CT molecular complexity index is 1370. The Hall–Kier alpha value is -3.50. The van der Waals surface area contributed by atoms with Gasteiger partial charge < -0.3 is 19.4 Å². The van der Waals surface area contributed by atoms with Gasteiger partial charge in [0.25, 0.3) is 5.91 Å². The van der Waals surface area contributed by atoms with E-state index in [4.69, 9.17) is 26.1 Å². The summed E-state index contributed by atoms with van der Waals surface area (Å²) in [5, 5.41) is 8.76. The van der Waals surface area contributed by atoms with E-state index in [1.165, 1.54) is 30.4 Å². The molecule has 2 unspecified atom stereocenters. The lowest BCUT2D eigenvalue weighted by molar-refractivity contribution is -0.0468. The number of imidazole rings is 1. The van der Waals surface area contributed by atoms with Crippen LogP contribution in [0.3, 0.4) is 0 Å². The van der Waals surface area contributed by atoms with E-state index in [2.05, 4.69) is 15.2 Å². The fourth-order valence-corrected chi connectivity index (χ4v) is 4.33. The molecule has 3 heterocycles. The number of amides is 1. The maximum atomic E-state index is 15.5. The van der Waals surface area contributed by atoms with Crippen molar-refractivity contribution in [3.63, 3.8) is 0 Å². The first-order valence-corrected chi connectivity index (χ1v) is 11.1. The molecule has 0 spiro atoms. The number of halogens is 2. The fraction of sp³-hybridized carbons (Fsp3) is 0.304. The second-order valence-corrected chi connectivity index (χ2v) is 8.51. The third-order valence-electron chi connectivity index (χ3n) is 5.96. The standard InChI is InChI=1S/C23H22ClFN6O3/c1-12-10-30(17(11-34-12)22-28-15-5-4-14(24)13(2)21(15)29-22)23(32)19-16(31-26-8-9-27-31)6-7-18(33-3)20(19)25/h4-9,12,17H,10-11H2,1-3H3,(H,28,29). The molecule has 1 N–H and O–H groups in total. The summed E-state index contributed by atoms with van der Waals surface area (Å²) in [5.41, 5.74) is 2.35. The zero-order valence-corrected chi connectivity index (χ0v) is 19.5. The van der Waals surface area contributed by atoms with Gasteiger partial charge in [-0.3, -0.25) is 4.79 Å². The van der Waals surface area contributed by atoms with Gasteiger partial charge in [-0.2, -0.15) is 15.0 Å². The smallest absolute Gasteiger partial charge is 0.260 e. The maximum Gasteiger partial charge on any atom is 0.260 e. The molecule has 2 atom stereocenters. The molecule has 0 radical (unpaired) electrons. The first-order valence-electron chi connectivity index (χ1n) is 10.7. The second kappa shape index (κ2) is 8.69. The van der Waals surface area contributed by atoms with Crippen molar-refractivity contribution in [2.75, 3.05) is 20.3 Å². The number of morpholine rings is 1. The van der Waals surface area contributed by atoms with Crippen molar-refractivity contribution in [1.82, 2.24) is 29.9 Å². The topological polar surface area (TPSA) is 98.2 Å². The number of nitrogens with zero attached hydrogens (tertiary/aromatic N) is 5. The van der Waals surface area contributed by atoms with Crippen molar-refractivity contribution >= 4 is 28.5 Å². The van der Waals surface area contributed by atoms with Gasteiger partial charge in [0, 0.05) is 11.6 Å². The number of nitrogens with one attached hydrogen (secondary N) is 1. The van der Waals surface area contributed by atoms with Crippen molar-refractivity contribution in [3.8, 4) is 11.4 Å². The first-order chi connectivity index (χ1) is 16.4. The van der Waals surface area contributed by atoms with Gasteiger partial charge in [0.2, 0.25) is 0 Å². The van der Waals surface area contributed by atoms with Crippen molar-refractivity contribution in [1.29, 1.82) is 0 Å². The summed E-state index contributed by atoms with van der Waals surface area (Å²) in [6.45, 7) is 4.17. The van der Waals surface area contributed by atoms with Crippen molar-refractivity contribution in [3.05, 3.63) is 64.5 Å². The quantitative estimate of drug-likeness (QED) is 0.472. The summed E-state index contributed by atoms with van der Waals surface area (Å²) in [7, 11) is 1.35. The number of fused-ring (bicyclic) bond motifs is 1. The molecular formula is C23H22ClFN6O3. The van der Waals surface area contributed by atoms with Gasteiger partial charge in [-0.15, -0.1) is 0 Å². The predicted molar refractivity (Wildman–Crippen MR) is 123 cm³/mol. The van der Waals surface area contributed by atoms with Crippen LogP contribution in [0.1, 0.15) is 34.7 Å². The molecule has 4 aromatic rings. The zero-order chi connectivity index (χ0) is 24.0.